The van der Waals surface area contributed by atoms with Crippen LogP contribution in [-0.2, 0) is 32.6 Å². The first-order valence-corrected chi connectivity index (χ1v) is 14.9. The highest BCUT2D eigenvalue weighted by Crippen LogP contribution is 2.25. The fraction of sp³-hybridized carbons (Fsp3) is 0.286. The Morgan fingerprint density at radius 2 is 1.64 bits per heavy atom. The highest BCUT2D eigenvalue weighted by atomic mass is 35.5. The Morgan fingerprint density at radius 3 is 2.23 bits per heavy atom. The van der Waals surface area contributed by atoms with E-state index in [1.807, 2.05) is 37.3 Å². The highest BCUT2D eigenvalue weighted by Gasteiger charge is 2.33. The largest absolute Gasteiger partial charge is 0.354 e. The maximum Gasteiger partial charge on any atom is 0.244 e. The first-order chi connectivity index (χ1) is 18.5. The van der Waals surface area contributed by atoms with E-state index in [0.29, 0.717) is 23.6 Å². The molecule has 0 heterocycles. The summed E-state index contributed by atoms with van der Waals surface area (Å²) in [7, 11) is -3.99. The summed E-state index contributed by atoms with van der Waals surface area (Å²) in [6.07, 6.45) is 1.84. The van der Waals surface area contributed by atoms with Gasteiger partial charge in [-0.3, -0.25) is 13.9 Å². The molecule has 0 aromatic heterocycles. The van der Waals surface area contributed by atoms with Gasteiger partial charge in [-0.1, -0.05) is 72.6 Å². The van der Waals surface area contributed by atoms with Crippen molar-refractivity contribution < 1.29 is 22.4 Å². The summed E-state index contributed by atoms with van der Waals surface area (Å²) in [6.45, 7) is 1.73. The van der Waals surface area contributed by atoms with E-state index in [4.69, 9.17) is 23.2 Å². The molecular formula is C28H30Cl2FN3O4S. The third kappa shape index (κ3) is 8.68. The lowest BCUT2D eigenvalue weighted by atomic mass is 10.0. The zero-order chi connectivity index (χ0) is 28.6. The molecule has 1 atom stereocenters. The molecule has 0 fully saturated rings. The molecule has 0 spiro atoms. The Bertz CT molecular complexity index is 1390. The van der Waals surface area contributed by atoms with Crippen LogP contribution in [0.4, 0.5) is 10.1 Å². The second-order valence-corrected chi connectivity index (χ2v) is 11.8. The monoisotopic (exact) mass is 593 g/mol. The summed E-state index contributed by atoms with van der Waals surface area (Å²) >= 11 is 11.9. The predicted octanol–water partition coefficient (Wildman–Crippen LogP) is 5.06. The molecule has 2 amide bonds. The standard InChI is InChI=1S/C28H30Cl2FN3O4S/c1-3-15-32-28(36)26(16-20-7-5-4-6-8-20)33(18-21-9-11-22(29)12-10-21)27(35)19-34(39(2,37)38)23-13-14-25(31)24(30)17-23/h4-14,17,26H,3,15-16,18-19H2,1-2H3,(H,32,36)/t26-/m0/s1. The van der Waals surface area contributed by atoms with Gasteiger partial charge in [0.1, 0.15) is 18.4 Å². The topological polar surface area (TPSA) is 86.8 Å². The summed E-state index contributed by atoms with van der Waals surface area (Å²) in [5, 5.41) is 3.09. The average molecular weight is 595 g/mol. The van der Waals surface area contributed by atoms with Gasteiger partial charge in [0.15, 0.2) is 0 Å². The van der Waals surface area contributed by atoms with E-state index >= 15 is 0 Å². The van der Waals surface area contributed by atoms with Gasteiger partial charge < -0.3 is 10.2 Å². The first-order valence-electron chi connectivity index (χ1n) is 12.3. The molecule has 3 aromatic carbocycles. The zero-order valence-electron chi connectivity index (χ0n) is 21.6. The van der Waals surface area contributed by atoms with Crippen LogP contribution < -0.4 is 9.62 Å². The molecule has 0 aliphatic rings. The van der Waals surface area contributed by atoms with Crippen molar-refractivity contribution in [3.8, 4) is 0 Å². The normalized spacial score (nSPS) is 12.0. The second-order valence-electron chi connectivity index (χ2n) is 9.01. The number of nitrogens with one attached hydrogen (secondary N) is 1. The fourth-order valence-electron chi connectivity index (χ4n) is 3.96. The Morgan fingerprint density at radius 1 is 0.974 bits per heavy atom. The summed E-state index contributed by atoms with van der Waals surface area (Å²) < 4.78 is 40.1. The minimum Gasteiger partial charge on any atom is -0.354 e. The van der Waals surface area contributed by atoms with Crippen LogP contribution in [0, 0.1) is 5.82 Å². The van der Waals surface area contributed by atoms with E-state index in [1.165, 1.54) is 11.0 Å². The van der Waals surface area contributed by atoms with Crippen molar-refractivity contribution in [2.45, 2.75) is 32.4 Å². The van der Waals surface area contributed by atoms with E-state index in [9.17, 15) is 22.4 Å². The van der Waals surface area contributed by atoms with E-state index in [-0.39, 0.29) is 29.6 Å². The van der Waals surface area contributed by atoms with Crippen LogP contribution in [0.1, 0.15) is 24.5 Å². The molecule has 0 bridgehead atoms. The molecule has 0 saturated heterocycles. The lowest BCUT2D eigenvalue weighted by Crippen LogP contribution is -2.53. The molecule has 0 unspecified atom stereocenters. The number of anilines is 1. The third-order valence-electron chi connectivity index (χ3n) is 5.96. The predicted molar refractivity (Wildman–Crippen MR) is 153 cm³/mol. The van der Waals surface area contributed by atoms with Crippen molar-refractivity contribution in [3.05, 3.63) is 99.8 Å². The lowest BCUT2D eigenvalue weighted by Gasteiger charge is -2.33. The molecule has 1 N–H and O–H groups in total. The number of carbonyl (C=O) groups is 2. The second kappa shape index (κ2) is 13.8. The van der Waals surface area contributed by atoms with Crippen LogP contribution in [0.2, 0.25) is 10.0 Å². The Balaban J connectivity index is 2.04. The number of hydrogen-bond acceptors (Lipinski definition) is 4. The van der Waals surface area contributed by atoms with Crippen molar-refractivity contribution >= 4 is 50.7 Å². The van der Waals surface area contributed by atoms with E-state index in [2.05, 4.69) is 5.32 Å². The Kier molecular flexibility index (Phi) is 10.7. The molecule has 7 nitrogen and oxygen atoms in total. The lowest BCUT2D eigenvalue weighted by molar-refractivity contribution is -0.140. The van der Waals surface area contributed by atoms with Crippen molar-refractivity contribution in [3.63, 3.8) is 0 Å². The fourth-order valence-corrected chi connectivity index (χ4v) is 5.10. The molecule has 0 aliphatic carbocycles. The maximum absolute atomic E-state index is 13.9. The summed E-state index contributed by atoms with van der Waals surface area (Å²) in [5.74, 6) is -1.71. The van der Waals surface area contributed by atoms with Gasteiger partial charge in [0.2, 0.25) is 21.8 Å². The number of rotatable bonds is 12. The third-order valence-corrected chi connectivity index (χ3v) is 7.64. The number of halogens is 3. The van der Waals surface area contributed by atoms with Crippen LogP contribution >= 0.6 is 23.2 Å². The average Bonchev–Trinajstić information content (AvgIpc) is 2.90. The van der Waals surface area contributed by atoms with Crippen molar-refractivity contribution in [1.82, 2.24) is 10.2 Å². The molecule has 3 rings (SSSR count). The van der Waals surface area contributed by atoms with Gasteiger partial charge in [0.05, 0.1) is 17.0 Å². The number of sulfonamides is 1. The Labute approximate surface area is 238 Å². The SMILES string of the molecule is CCCNC(=O)[C@H](Cc1ccccc1)N(Cc1ccc(Cl)cc1)C(=O)CN(c1ccc(F)c(Cl)c1)S(C)(=O)=O. The van der Waals surface area contributed by atoms with Crippen LogP contribution in [0.25, 0.3) is 0 Å². The van der Waals surface area contributed by atoms with E-state index in [1.54, 1.807) is 24.3 Å². The minimum atomic E-state index is -3.99. The molecule has 208 valence electrons. The van der Waals surface area contributed by atoms with Crippen molar-refractivity contribution in [2.75, 3.05) is 23.7 Å². The highest BCUT2D eigenvalue weighted by molar-refractivity contribution is 7.92. The van der Waals surface area contributed by atoms with Gasteiger partial charge in [-0.15, -0.1) is 0 Å². The van der Waals surface area contributed by atoms with Gasteiger partial charge in [-0.05, 0) is 47.9 Å². The van der Waals surface area contributed by atoms with E-state index in [0.717, 1.165) is 28.3 Å². The molecule has 0 aliphatic heterocycles. The molecule has 3 aromatic rings. The molecule has 0 radical (unpaired) electrons. The molecule has 11 heteroatoms. The first kappa shape index (κ1) is 30.4. The van der Waals surface area contributed by atoms with Gasteiger partial charge in [-0.2, -0.15) is 0 Å². The maximum atomic E-state index is 13.9. The number of nitrogens with zero attached hydrogens (tertiary/aromatic N) is 2. The van der Waals surface area contributed by atoms with Gasteiger partial charge >= 0.3 is 0 Å². The number of amides is 2. The van der Waals surface area contributed by atoms with Gasteiger partial charge in [0, 0.05) is 24.5 Å². The van der Waals surface area contributed by atoms with Crippen LogP contribution in [-0.4, -0.2) is 50.5 Å². The summed E-state index contributed by atoms with van der Waals surface area (Å²) in [4.78, 5) is 28.7. The van der Waals surface area contributed by atoms with Crippen LogP contribution in [0.15, 0.2) is 72.8 Å². The number of carbonyl (C=O) groups excluding carboxylic acids is 2. The summed E-state index contributed by atoms with van der Waals surface area (Å²) in [5.41, 5.74) is 1.55. The van der Waals surface area contributed by atoms with Crippen LogP contribution in [0.5, 0.6) is 0 Å². The van der Waals surface area contributed by atoms with Gasteiger partial charge in [-0.25, -0.2) is 12.8 Å². The van der Waals surface area contributed by atoms with Gasteiger partial charge in [0.25, 0.3) is 0 Å². The number of hydrogen-bond donors (Lipinski definition) is 1. The quantitative estimate of drug-likeness (QED) is 0.318. The molecule has 39 heavy (non-hydrogen) atoms. The molecular weight excluding hydrogens is 564 g/mol. The van der Waals surface area contributed by atoms with Crippen molar-refractivity contribution in [1.29, 1.82) is 0 Å². The Hall–Kier alpha value is -3.14. The number of benzene rings is 3. The smallest absolute Gasteiger partial charge is 0.244 e. The van der Waals surface area contributed by atoms with Crippen molar-refractivity contribution in [2.24, 2.45) is 0 Å². The van der Waals surface area contributed by atoms with Crippen LogP contribution in [0.3, 0.4) is 0 Å². The zero-order valence-corrected chi connectivity index (χ0v) is 23.9. The summed E-state index contributed by atoms with van der Waals surface area (Å²) in [6, 6.07) is 18.5. The molecule has 0 saturated carbocycles. The minimum absolute atomic E-state index is 0.0226. The van der Waals surface area contributed by atoms with E-state index < -0.39 is 34.3 Å².